The van der Waals surface area contributed by atoms with Crippen molar-refractivity contribution in [3.63, 3.8) is 0 Å². The van der Waals surface area contributed by atoms with Crippen LogP contribution in [0, 0.1) is 0 Å². The molecule has 0 saturated carbocycles. The smallest absolute Gasteiger partial charge is 0.265 e. The van der Waals surface area contributed by atoms with Crippen LogP contribution in [0.3, 0.4) is 0 Å². The minimum absolute atomic E-state index is 0.167. The molecule has 0 aliphatic carbocycles. The second kappa shape index (κ2) is 8.43. The van der Waals surface area contributed by atoms with Crippen molar-refractivity contribution in [1.82, 2.24) is 0 Å². The maximum absolute atomic E-state index is 12.2. The molecular formula is C18H17BrN2O4. The number of nitrogens with one attached hydrogen (secondary N) is 2. The van der Waals surface area contributed by atoms with Crippen molar-refractivity contribution in [2.75, 3.05) is 10.6 Å². The zero-order chi connectivity index (χ0) is 18.4. The van der Waals surface area contributed by atoms with E-state index in [0.717, 1.165) is 4.47 Å². The first-order chi connectivity index (χ1) is 11.9. The maximum atomic E-state index is 12.2. The first kappa shape index (κ1) is 18.7. The zero-order valence-electron chi connectivity index (χ0n) is 13.7. The lowest BCUT2D eigenvalue weighted by Gasteiger charge is -2.16. The fourth-order valence-corrected chi connectivity index (χ4v) is 2.43. The van der Waals surface area contributed by atoms with Crippen LogP contribution in [0.4, 0.5) is 11.4 Å². The Morgan fingerprint density at radius 2 is 1.68 bits per heavy atom. The average molecular weight is 405 g/mol. The summed E-state index contributed by atoms with van der Waals surface area (Å²) in [7, 11) is 0. The van der Waals surface area contributed by atoms with Gasteiger partial charge in [0.25, 0.3) is 5.91 Å². The number of carbonyl (C=O) groups is 3. The van der Waals surface area contributed by atoms with E-state index in [1.807, 2.05) is 0 Å². The van der Waals surface area contributed by atoms with Crippen molar-refractivity contribution in [3.8, 4) is 5.75 Å². The number of hydrogen-bond acceptors (Lipinski definition) is 4. The highest BCUT2D eigenvalue weighted by Crippen LogP contribution is 2.23. The molecule has 6 nitrogen and oxygen atoms in total. The van der Waals surface area contributed by atoms with E-state index >= 15 is 0 Å². The number of anilines is 2. The third-order valence-corrected chi connectivity index (χ3v) is 3.74. The van der Waals surface area contributed by atoms with E-state index in [9.17, 15) is 14.4 Å². The van der Waals surface area contributed by atoms with E-state index < -0.39 is 6.10 Å². The molecule has 2 aromatic rings. The summed E-state index contributed by atoms with van der Waals surface area (Å²) in [6.07, 6.45) is -0.124. The Labute approximate surface area is 153 Å². The Morgan fingerprint density at radius 1 is 1.08 bits per heavy atom. The van der Waals surface area contributed by atoms with Gasteiger partial charge in [-0.3, -0.25) is 14.4 Å². The van der Waals surface area contributed by atoms with Gasteiger partial charge in [-0.05, 0) is 49.4 Å². The highest BCUT2D eigenvalue weighted by atomic mass is 79.9. The second-order valence-electron chi connectivity index (χ2n) is 5.31. The molecule has 1 atom stereocenters. The fraction of sp³-hybridized carbons (Fsp3) is 0.167. The first-order valence-electron chi connectivity index (χ1n) is 7.49. The van der Waals surface area contributed by atoms with Crippen LogP contribution >= 0.6 is 15.9 Å². The predicted molar refractivity (Wildman–Crippen MR) is 99.0 cm³/mol. The molecule has 0 aromatic heterocycles. The van der Waals surface area contributed by atoms with Gasteiger partial charge in [-0.25, -0.2) is 0 Å². The van der Waals surface area contributed by atoms with Crippen molar-refractivity contribution in [2.45, 2.75) is 20.0 Å². The molecule has 2 rings (SSSR count). The molecular weight excluding hydrogens is 388 g/mol. The highest BCUT2D eigenvalue weighted by Gasteiger charge is 2.16. The standard InChI is InChI=1S/C18H17BrN2O4/c1-11(25-17-8-3-14(19)9-13(17)10-22)18(24)21-16-6-4-15(5-7-16)20-12(2)23/h3-11H,1-2H3,(H,20,23)(H,21,24)/t11-/m1/s1. The zero-order valence-corrected chi connectivity index (χ0v) is 15.3. The molecule has 0 aliphatic rings. The summed E-state index contributed by atoms with van der Waals surface area (Å²) in [5.74, 6) is -0.187. The average Bonchev–Trinajstić information content (AvgIpc) is 2.57. The number of halogens is 1. The molecule has 7 heteroatoms. The number of ether oxygens (including phenoxy) is 1. The molecule has 130 valence electrons. The van der Waals surface area contributed by atoms with E-state index in [1.165, 1.54) is 6.92 Å². The maximum Gasteiger partial charge on any atom is 0.265 e. The predicted octanol–water partition coefficient (Wildman–Crippen LogP) is 3.63. The number of benzene rings is 2. The topological polar surface area (TPSA) is 84.5 Å². The lowest BCUT2D eigenvalue weighted by Crippen LogP contribution is -2.30. The molecule has 0 spiro atoms. The van der Waals surface area contributed by atoms with Gasteiger partial charge in [-0.2, -0.15) is 0 Å². The van der Waals surface area contributed by atoms with Gasteiger partial charge >= 0.3 is 0 Å². The third-order valence-electron chi connectivity index (χ3n) is 3.24. The number of amides is 2. The van der Waals surface area contributed by atoms with Crippen LogP contribution < -0.4 is 15.4 Å². The van der Waals surface area contributed by atoms with Gasteiger partial charge in [0.05, 0.1) is 5.56 Å². The van der Waals surface area contributed by atoms with Crippen LogP contribution in [-0.2, 0) is 9.59 Å². The number of carbonyl (C=O) groups excluding carboxylic acids is 3. The summed E-state index contributed by atoms with van der Waals surface area (Å²) in [5, 5.41) is 5.36. The quantitative estimate of drug-likeness (QED) is 0.719. The third kappa shape index (κ3) is 5.42. The lowest BCUT2D eigenvalue weighted by atomic mass is 10.2. The SMILES string of the molecule is CC(=O)Nc1ccc(NC(=O)[C@@H](C)Oc2ccc(Br)cc2C=O)cc1. The summed E-state index contributed by atoms with van der Waals surface area (Å²) < 4.78 is 6.33. The molecule has 0 radical (unpaired) electrons. The van der Waals surface area contributed by atoms with Crippen LogP contribution in [0.25, 0.3) is 0 Å². The number of aldehydes is 1. The van der Waals surface area contributed by atoms with Crippen LogP contribution in [0.5, 0.6) is 5.75 Å². The van der Waals surface area contributed by atoms with Crippen LogP contribution in [0.2, 0.25) is 0 Å². The molecule has 0 fully saturated rings. The summed E-state index contributed by atoms with van der Waals surface area (Å²) in [5.41, 5.74) is 1.56. The lowest BCUT2D eigenvalue weighted by molar-refractivity contribution is -0.122. The van der Waals surface area contributed by atoms with Gasteiger partial charge in [-0.15, -0.1) is 0 Å². The molecule has 0 unspecified atom stereocenters. The monoisotopic (exact) mass is 404 g/mol. The normalized spacial score (nSPS) is 11.3. The van der Waals surface area contributed by atoms with Gasteiger partial charge < -0.3 is 15.4 Å². The van der Waals surface area contributed by atoms with Crippen molar-refractivity contribution in [1.29, 1.82) is 0 Å². The molecule has 0 bridgehead atoms. The van der Waals surface area contributed by atoms with E-state index in [1.54, 1.807) is 49.4 Å². The van der Waals surface area contributed by atoms with Gasteiger partial charge in [-0.1, -0.05) is 15.9 Å². The van der Waals surface area contributed by atoms with Gasteiger partial charge in [0.1, 0.15) is 5.75 Å². The van der Waals surface area contributed by atoms with Crippen molar-refractivity contribution < 1.29 is 19.1 Å². The molecule has 2 N–H and O–H groups in total. The van der Waals surface area contributed by atoms with E-state index in [4.69, 9.17) is 4.74 Å². The molecule has 0 saturated heterocycles. The van der Waals surface area contributed by atoms with E-state index in [-0.39, 0.29) is 11.8 Å². The Kier molecular flexibility index (Phi) is 6.30. The summed E-state index contributed by atoms with van der Waals surface area (Å²) in [6.45, 7) is 3.02. The molecule has 0 heterocycles. The molecule has 2 amide bonds. The summed E-state index contributed by atoms with van der Waals surface area (Å²) >= 11 is 3.28. The van der Waals surface area contributed by atoms with Gasteiger partial charge in [0, 0.05) is 22.8 Å². The Morgan fingerprint density at radius 3 is 2.24 bits per heavy atom. The summed E-state index contributed by atoms with van der Waals surface area (Å²) in [4.78, 5) is 34.3. The van der Waals surface area contributed by atoms with Crippen molar-refractivity contribution in [2.24, 2.45) is 0 Å². The van der Waals surface area contributed by atoms with Crippen molar-refractivity contribution in [3.05, 3.63) is 52.5 Å². The molecule has 25 heavy (non-hydrogen) atoms. The Balaban J connectivity index is 2.00. The molecule has 0 aliphatic heterocycles. The Hall–Kier alpha value is -2.67. The largest absolute Gasteiger partial charge is 0.480 e. The van der Waals surface area contributed by atoms with Crippen LogP contribution in [0.15, 0.2) is 46.9 Å². The Bertz CT molecular complexity index is 790. The van der Waals surface area contributed by atoms with Gasteiger partial charge in [0.2, 0.25) is 5.91 Å². The fourth-order valence-electron chi connectivity index (χ4n) is 2.05. The number of hydrogen-bond donors (Lipinski definition) is 2. The second-order valence-corrected chi connectivity index (χ2v) is 6.22. The van der Waals surface area contributed by atoms with Crippen LogP contribution in [-0.4, -0.2) is 24.2 Å². The van der Waals surface area contributed by atoms with Crippen LogP contribution in [0.1, 0.15) is 24.2 Å². The molecule has 2 aromatic carbocycles. The van der Waals surface area contributed by atoms with E-state index in [0.29, 0.717) is 29.0 Å². The van der Waals surface area contributed by atoms with Gasteiger partial charge in [0.15, 0.2) is 12.4 Å². The minimum atomic E-state index is -0.796. The summed E-state index contributed by atoms with van der Waals surface area (Å²) in [6, 6.07) is 11.7. The number of rotatable bonds is 6. The van der Waals surface area contributed by atoms with E-state index in [2.05, 4.69) is 26.6 Å². The first-order valence-corrected chi connectivity index (χ1v) is 8.28. The highest BCUT2D eigenvalue weighted by molar-refractivity contribution is 9.10. The minimum Gasteiger partial charge on any atom is -0.480 e. The van der Waals surface area contributed by atoms with Crippen molar-refractivity contribution >= 4 is 45.4 Å².